The van der Waals surface area contributed by atoms with Crippen LogP contribution in [0.2, 0.25) is 0 Å². The smallest absolute Gasteiger partial charge is 0.123 e. The van der Waals surface area contributed by atoms with Gasteiger partial charge in [0.25, 0.3) is 0 Å². The standard InChI is InChI=1S/C17H24FNO2/c1-2-17(12-20)11-14-5-8-16(17)19(14)9-10-21-15-6-3-13(18)4-7-15/h3-4,6-7,14,16,20H,2,5,8-12H2,1H3/t14-,16+,17-/m1/s1. The summed E-state index contributed by atoms with van der Waals surface area (Å²) in [4.78, 5) is 2.52. The number of ether oxygens (including phenoxy) is 1. The van der Waals surface area contributed by atoms with Gasteiger partial charge in [-0.3, -0.25) is 4.90 Å². The maximum atomic E-state index is 12.8. The Balaban J connectivity index is 1.55. The van der Waals surface area contributed by atoms with Crippen molar-refractivity contribution < 1.29 is 14.2 Å². The average Bonchev–Trinajstić information content (AvgIpc) is 3.04. The van der Waals surface area contributed by atoms with E-state index in [-0.39, 0.29) is 11.2 Å². The fourth-order valence-corrected chi connectivity index (χ4v) is 4.22. The van der Waals surface area contributed by atoms with Gasteiger partial charge in [0, 0.05) is 24.0 Å². The van der Waals surface area contributed by atoms with Crippen molar-refractivity contribution >= 4 is 0 Å². The summed E-state index contributed by atoms with van der Waals surface area (Å²) in [5.74, 6) is 0.475. The summed E-state index contributed by atoms with van der Waals surface area (Å²) in [5, 5.41) is 9.79. The van der Waals surface area contributed by atoms with Gasteiger partial charge in [-0.15, -0.1) is 0 Å². The highest BCUT2D eigenvalue weighted by Gasteiger charge is 2.54. The molecular weight excluding hydrogens is 269 g/mol. The Hall–Kier alpha value is -1.13. The van der Waals surface area contributed by atoms with Crippen LogP contribution in [0, 0.1) is 11.2 Å². The van der Waals surface area contributed by atoms with E-state index in [4.69, 9.17) is 4.74 Å². The van der Waals surface area contributed by atoms with Crippen molar-refractivity contribution in [3.05, 3.63) is 30.1 Å². The molecule has 3 atom stereocenters. The number of nitrogens with zero attached hydrogens (tertiary/aromatic N) is 1. The number of benzene rings is 1. The number of rotatable bonds is 6. The van der Waals surface area contributed by atoms with Crippen LogP contribution in [0.3, 0.4) is 0 Å². The summed E-state index contributed by atoms with van der Waals surface area (Å²) in [5.41, 5.74) is 0.0960. The van der Waals surface area contributed by atoms with Crippen LogP contribution in [0.1, 0.15) is 32.6 Å². The first-order valence-electron chi connectivity index (χ1n) is 7.93. The zero-order valence-electron chi connectivity index (χ0n) is 12.6. The molecule has 2 bridgehead atoms. The van der Waals surface area contributed by atoms with Gasteiger partial charge in [-0.05, 0) is 49.9 Å². The highest BCUT2D eigenvalue weighted by atomic mass is 19.1. The molecule has 2 saturated heterocycles. The van der Waals surface area contributed by atoms with E-state index in [1.54, 1.807) is 12.1 Å². The van der Waals surface area contributed by atoms with Crippen LogP contribution in [0.5, 0.6) is 5.75 Å². The quantitative estimate of drug-likeness (QED) is 0.875. The van der Waals surface area contributed by atoms with E-state index in [0.29, 0.717) is 31.0 Å². The van der Waals surface area contributed by atoms with Gasteiger partial charge >= 0.3 is 0 Å². The SMILES string of the molecule is CC[C@]1(CO)C[C@H]2CC[C@@H]1N2CCOc1ccc(F)cc1. The number of halogens is 1. The van der Waals surface area contributed by atoms with Gasteiger partial charge in [0.1, 0.15) is 18.2 Å². The third kappa shape index (κ3) is 2.67. The van der Waals surface area contributed by atoms with Gasteiger partial charge in [-0.25, -0.2) is 4.39 Å². The predicted octanol–water partition coefficient (Wildman–Crippen LogP) is 2.83. The second-order valence-corrected chi connectivity index (χ2v) is 6.37. The molecule has 0 unspecified atom stereocenters. The summed E-state index contributed by atoms with van der Waals surface area (Å²) >= 11 is 0. The Bertz CT molecular complexity index is 472. The molecule has 1 aromatic rings. The topological polar surface area (TPSA) is 32.7 Å². The van der Waals surface area contributed by atoms with E-state index in [0.717, 1.165) is 19.4 Å². The summed E-state index contributed by atoms with van der Waals surface area (Å²) in [6, 6.07) is 7.26. The lowest BCUT2D eigenvalue weighted by Gasteiger charge is -2.35. The summed E-state index contributed by atoms with van der Waals surface area (Å²) in [7, 11) is 0. The van der Waals surface area contributed by atoms with Crippen molar-refractivity contribution in [2.24, 2.45) is 5.41 Å². The van der Waals surface area contributed by atoms with Gasteiger partial charge < -0.3 is 9.84 Å². The molecule has 1 aromatic carbocycles. The Morgan fingerprint density at radius 1 is 1.33 bits per heavy atom. The van der Waals surface area contributed by atoms with Crippen LogP contribution in [-0.4, -0.2) is 41.8 Å². The van der Waals surface area contributed by atoms with E-state index in [2.05, 4.69) is 11.8 Å². The largest absolute Gasteiger partial charge is 0.492 e. The van der Waals surface area contributed by atoms with Crippen molar-refractivity contribution in [2.45, 2.75) is 44.7 Å². The highest BCUT2D eigenvalue weighted by Crippen LogP contribution is 2.51. The van der Waals surface area contributed by atoms with Crippen molar-refractivity contribution in [1.82, 2.24) is 4.90 Å². The van der Waals surface area contributed by atoms with Crippen LogP contribution in [-0.2, 0) is 0 Å². The molecule has 4 heteroatoms. The molecule has 21 heavy (non-hydrogen) atoms. The monoisotopic (exact) mass is 293 g/mol. The normalized spacial score (nSPS) is 31.8. The molecule has 1 N–H and O–H groups in total. The van der Waals surface area contributed by atoms with E-state index in [1.807, 2.05) is 0 Å². The third-order valence-corrected chi connectivity index (χ3v) is 5.44. The van der Waals surface area contributed by atoms with Crippen LogP contribution >= 0.6 is 0 Å². The van der Waals surface area contributed by atoms with Crippen LogP contribution in [0.15, 0.2) is 24.3 Å². The zero-order chi connectivity index (χ0) is 14.9. The van der Waals surface area contributed by atoms with E-state index >= 15 is 0 Å². The van der Waals surface area contributed by atoms with E-state index < -0.39 is 0 Å². The Morgan fingerprint density at radius 2 is 2.10 bits per heavy atom. The first-order valence-corrected chi connectivity index (χ1v) is 7.93. The summed E-state index contributed by atoms with van der Waals surface area (Å²) < 4.78 is 18.6. The van der Waals surface area contributed by atoms with Crippen molar-refractivity contribution in [3.8, 4) is 5.75 Å². The molecule has 2 aliphatic heterocycles. The highest BCUT2D eigenvalue weighted by molar-refractivity contribution is 5.22. The van der Waals surface area contributed by atoms with Crippen LogP contribution in [0.25, 0.3) is 0 Å². The molecule has 116 valence electrons. The molecule has 0 radical (unpaired) electrons. The second-order valence-electron chi connectivity index (χ2n) is 6.37. The van der Waals surface area contributed by atoms with Gasteiger partial charge in [0.05, 0.1) is 6.61 Å². The van der Waals surface area contributed by atoms with Gasteiger partial charge in [-0.1, -0.05) is 6.92 Å². The maximum absolute atomic E-state index is 12.8. The molecule has 3 rings (SSSR count). The van der Waals surface area contributed by atoms with Crippen molar-refractivity contribution in [3.63, 3.8) is 0 Å². The lowest BCUT2D eigenvalue weighted by Crippen LogP contribution is -2.41. The first-order chi connectivity index (χ1) is 10.2. The predicted molar refractivity (Wildman–Crippen MR) is 79.8 cm³/mol. The van der Waals surface area contributed by atoms with Gasteiger partial charge in [-0.2, -0.15) is 0 Å². The minimum Gasteiger partial charge on any atom is -0.492 e. The molecule has 0 aromatic heterocycles. The fraction of sp³-hybridized carbons (Fsp3) is 0.647. The van der Waals surface area contributed by atoms with Gasteiger partial charge in [0.15, 0.2) is 0 Å². The minimum atomic E-state index is -0.240. The molecule has 3 nitrogen and oxygen atoms in total. The average molecular weight is 293 g/mol. The Kier molecular flexibility index (Phi) is 4.18. The summed E-state index contributed by atoms with van der Waals surface area (Å²) in [6.45, 7) is 3.97. The number of fused-ring (bicyclic) bond motifs is 2. The number of aliphatic hydroxyl groups excluding tert-OH is 1. The number of hydrogen-bond donors (Lipinski definition) is 1. The Morgan fingerprint density at radius 3 is 2.71 bits per heavy atom. The summed E-state index contributed by atoms with van der Waals surface area (Å²) in [6.07, 6.45) is 4.58. The number of hydrogen-bond acceptors (Lipinski definition) is 3. The molecule has 0 amide bonds. The molecule has 2 fully saturated rings. The van der Waals surface area contributed by atoms with Crippen LogP contribution in [0.4, 0.5) is 4.39 Å². The molecule has 0 aliphatic carbocycles. The first kappa shape index (κ1) is 14.8. The van der Waals surface area contributed by atoms with Crippen molar-refractivity contribution in [1.29, 1.82) is 0 Å². The molecular formula is C17H24FNO2. The van der Waals surface area contributed by atoms with Crippen molar-refractivity contribution in [2.75, 3.05) is 19.8 Å². The third-order valence-electron chi connectivity index (χ3n) is 5.44. The fourth-order valence-electron chi connectivity index (χ4n) is 4.22. The molecule has 2 aliphatic rings. The van der Waals surface area contributed by atoms with E-state index in [1.165, 1.54) is 25.0 Å². The molecule has 0 saturated carbocycles. The zero-order valence-corrected chi connectivity index (χ0v) is 12.6. The maximum Gasteiger partial charge on any atom is 0.123 e. The van der Waals surface area contributed by atoms with Gasteiger partial charge in [0.2, 0.25) is 0 Å². The molecule has 2 heterocycles. The van der Waals surface area contributed by atoms with Crippen LogP contribution < -0.4 is 4.74 Å². The lowest BCUT2D eigenvalue weighted by molar-refractivity contribution is 0.0696. The minimum absolute atomic E-state index is 0.0960. The lowest BCUT2D eigenvalue weighted by atomic mass is 9.72. The Labute approximate surface area is 125 Å². The second kappa shape index (κ2) is 5.93. The number of aliphatic hydroxyl groups is 1. The molecule has 0 spiro atoms. The van der Waals surface area contributed by atoms with E-state index in [9.17, 15) is 9.50 Å².